The summed E-state index contributed by atoms with van der Waals surface area (Å²) in [5.74, 6) is -2.60. The van der Waals surface area contributed by atoms with Crippen molar-refractivity contribution in [2.24, 2.45) is 0 Å². The number of carbonyl (C=O) groups excluding carboxylic acids is 3. The summed E-state index contributed by atoms with van der Waals surface area (Å²) in [5, 5.41) is 33.6. The summed E-state index contributed by atoms with van der Waals surface area (Å²) in [6.45, 7) is 5.74. The minimum atomic E-state index is -1.57. The van der Waals surface area contributed by atoms with E-state index in [0.29, 0.717) is 5.69 Å². The third-order valence-electron chi connectivity index (χ3n) is 5.96. The highest BCUT2D eigenvalue weighted by Crippen LogP contribution is 2.57. The number of nitrogens with one attached hydrogen (secondary N) is 1. The lowest BCUT2D eigenvalue weighted by molar-refractivity contribution is -0.123. The van der Waals surface area contributed by atoms with Gasteiger partial charge in [-0.15, -0.1) is 0 Å². The molecule has 4 N–H and O–H groups in total. The quantitative estimate of drug-likeness (QED) is 0.250. The van der Waals surface area contributed by atoms with Crippen LogP contribution in [0.15, 0.2) is 47.4 Å². The molecular formula is C24H21NO7. The third kappa shape index (κ3) is 2.80. The average molecular weight is 435 g/mol. The fourth-order valence-electron chi connectivity index (χ4n) is 4.19. The zero-order valence-corrected chi connectivity index (χ0v) is 17.9. The first-order chi connectivity index (χ1) is 15.0. The lowest BCUT2D eigenvalue weighted by Crippen LogP contribution is -2.40. The van der Waals surface area contributed by atoms with Crippen LogP contribution in [0, 0.1) is 6.92 Å². The second-order valence-electron chi connectivity index (χ2n) is 8.06. The van der Waals surface area contributed by atoms with Gasteiger partial charge in [0.05, 0.1) is 11.1 Å². The van der Waals surface area contributed by atoms with Crippen LogP contribution in [0.4, 0.5) is 5.69 Å². The summed E-state index contributed by atoms with van der Waals surface area (Å²) in [6.07, 6.45) is 1.16. The highest BCUT2D eigenvalue weighted by Gasteiger charge is 2.56. The van der Waals surface area contributed by atoms with Crippen molar-refractivity contribution in [2.45, 2.75) is 33.1 Å². The van der Waals surface area contributed by atoms with Gasteiger partial charge in [0.15, 0.2) is 17.3 Å². The molecule has 2 aromatic carbocycles. The normalized spacial score (nSPS) is 20.8. The molecule has 1 atom stereocenters. The molecule has 8 heteroatoms. The molecule has 0 radical (unpaired) electrons. The van der Waals surface area contributed by atoms with E-state index >= 15 is 0 Å². The number of ketones is 3. The van der Waals surface area contributed by atoms with E-state index in [2.05, 4.69) is 5.32 Å². The molecule has 0 aromatic heterocycles. The maximum absolute atomic E-state index is 13.7. The lowest BCUT2D eigenvalue weighted by atomic mass is 9.70. The number of carbonyl (C=O) groups is 3. The summed E-state index contributed by atoms with van der Waals surface area (Å²) in [7, 11) is 0. The van der Waals surface area contributed by atoms with Gasteiger partial charge in [0, 0.05) is 23.0 Å². The number of anilines is 1. The highest BCUT2D eigenvalue weighted by atomic mass is 16.5. The van der Waals surface area contributed by atoms with Crippen LogP contribution in [0.1, 0.15) is 42.3 Å². The number of hydrogen-bond acceptors (Lipinski definition) is 8. The number of ether oxygens (including phenoxy) is 1. The number of rotatable bonds is 3. The van der Waals surface area contributed by atoms with Gasteiger partial charge in [-0.1, -0.05) is 0 Å². The van der Waals surface area contributed by atoms with Gasteiger partial charge in [-0.05, 0) is 52.0 Å². The Labute approximate surface area is 183 Å². The average Bonchev–Trinajstić information content (AvgIpc) is 3.01. The zero-order chi connectivity index (χ0) is 23.5. The van der Waals surface area contributed by atoms with Crippen molar-refractivity contribution in [3.05, 3.63) is 64.1 Å². The molecule has 4 rings (SSSR count). The number of phenolic OH excluding ortho intramolecular Hbond substituents is 3. The first-order valence-electron chi connectivity index (χ1n) is 9.84. The SMILES string of the molecule is CC(=O)c1c(O)c(C)c(O)c2c1OC1=CC(=O)C(=C(C)Nc3ccc(O)cc3)C(=O)C12C. The van der Waals surface area contributed by atoms with E-state index in [4.69, 9.17) is 4.74 Å². The van der Waals surface area contributed by atoms with Crippen molar-refractivity contribution in [1.29, 1.82) is 0 Å². The molecule has 8 nitrogen and oxygen atoms in total. The topological polar surface area (TPSA) is 133 Å². The van der Waals surface area contributed by atoms with E-state index in [9.17, 15) is 29.7 Å². The molecule has 0 bridgehead atoms. The summed E-state index contributed by atoms with van der Waals surface area (Å²) in [6, 6.07) is 6.10. The standard InChI is InChI=1S/C24H21NO7/c1-10-20(29)18(12(3)26)22-19(21(10)30)24(4)16(32-22)9-15(28)17(23(24)31)11(2)25-13-5-7-14(27)8-6-13/h5-9,25,27,29-30H,1-4H3. The van der Waals surface area contributed by atoms with Crippen molar-refractivity contribution >= 4 is 23.0 Å². The predicted octanol–water partition coefficient (Wildman–Crippen LogP) is 3.39. The van der Waals surface area contributed by atoms with Gasteiger partial charge in [-0.3, -0.25) is 14.4 Å². The minimum Gasteiger partial charge on any atom is -0.508 e. The van der Waals surface area contributed by atoms with E-state index in [1.165, 1.54) is 32.9 Å². The fourth-order valence-corrected chi connectivity index (χ4v) is 4.19. The molecule has 0 spiro atoms. The van der Waals surface area contributed by atoms with E-state index in [1.807, 2.05) is 0 Å². The molecule has 164 valence electrons. The van der Waals surface area contributed by atoms with Crippen LogP contribution in [0.3, 0.4) is 0 Å². The van der Waals surface area contributed by atoms with Gasteiger partial charge >= 0.3 is 0 Å². The van der Waals surface area contributed by atoms with Crippen LogP contribution in [0.5, 0.6) is 23.0 Å². The first-order valence-corrected chi connectivity index (χ1v) is 9.84. The molecule has 32 heavy (non-hydrogen) atoms. The van der Waals surface area contributed by atoms with E-state index in [-0.39, 0.29) is 51.0 Å². The van der Waals surface area contributed by atoms with Gasteiger partial charge in [-0.25, -0.2) is 0 Å². The van der Waals surface area contributed by atoms with Crippen molar-refractivity contribution in [1.82, 2.24) is 0 Å². The molecule has 0 saturated carbocycles. The maximum Gasteiger partial charge on any atom is 0.194 e. The Balaban J connectivity index is 1.91. The molecule has 2 aromatic rings. The van der Waals surface area contributed by atoms with Gasteiger partial charge in [0.1, 0.15) is 39.7 Å². The number of phenols is 3. The summed E-state index contributed by atoms with van der Waals surface area (Å²) in [4.78, 5) is 38.8. The largest absolute Gasteiger partial charge is 0.508 e. The molecule has 0 fully saturated rings. The van der Waals surface area contributed by atoms with Crippen LogP contribution in [0.25, 0.3) is 0 Å². The van der Waals surface area contributed by atoms with Gasteiger partial charge < -0.3 is 25.4 Å². The molecular weight excluding hydrogens is 414 g/mol. The fraction of sp³-hybridized carbons (Fsp3) is 0.208. The molecule has 1 heterocycles. The molecule has 2 aliphatic rings. The molecule has 1 aliphatic carbocycles. The summed E-state index contributed by atoms with van der Waals surface area (Å²) < 4.78 is 5.73. The highest BCUT2D eigenvalue weighted by molar-refractivity contribution is 6.31. The Bertz CT molecular complexity index is 1280. The number of Topliss-reactive ketones (excluding diaryl/α,β-unsaturated/α-hetero) is 2. The number of benzene rings is 2. The van der Waals surface area contributed by atoms with Crippen LogP contribution in [-0.4, -0.2) is 32.7 Å². The Morgan fingerprint density at radius 1 is 1.03 bits per heavy atom. The van der Waals surface area contributed by atoms with Crippen LogP contribution in [0.2, 0.25) is 0 Å². The Hall–Kier alpha value is -4.07. The second-order valence-corrected chi connectivity index (χ2v) is 8.06. The van der Waals surface area contributed by atoms with Gasteiger partial charge in [0.2, 0.25) is 0 Å². The number of hydrogen-bond donors (Lipinski definition) is 4. The van der Waals surface area contributed by atoms with Gasteiger partial charge in [-0.2, -0.15) is 0 Å². The van der Waals surface area contributed by atoms with Crippen LogP contribution < -0.4 is 10.1 Å². The number of aromatic hydroxyl groups is 3. The second kappa shape index (κ2) is 6.98. The lowest BCUT2D eigenvalue weighted by Gasteiger charge is -2.29. The first kappa shape index (κ1) is 21.2. The third-order valence-corrected chi connectivity index (χ3v) is 5.96. The van der Waals surface area contributed by atoms with Gasteiger partial charge in [0.25, 0.3) is 0 Å². The predicted molar refractivity (Wildman–Crippen MR) is 115 cm³/mol. The minimum absolute atomic E-state index is 0.0218. The Morgan fingerprint density at radius 2 is 1.66 bits per heavy atom. The molecule has 0 saturated heterocycles. The van der Waals surface area contributed by atoms with Crippen molar-refractivity contribution in [3.63, 3.8) is 0 Å². The van der Waals surface area contributed by atoms with Crippen molar-refractivity contribution < 1.29 is 34.4 Å². The van der Waals surface area contributed by atoms with E-state index < -0.39 is 28.5 Å². The summed E-state index contributed by atoms with van der Waals surface area (Å²) >= 11 is 0. The molecule has 1 unspecified atom stereocenters. The van der Waals surface area contributed by atoms with E-state index in [0.717, 1.165) is 6.08 Å². The smallest absolute Gasteiger partial charge is 0.194 e. The monoisotopic (exact) mass is 435 g/mol. The van der Waals surface area contributed by atoms with Crippen LogP contribution in [-0.2, 0) is 15.0 Å². The molecule has 0 amide bonds. The summed E-state index contributed by atoms with van der Waals surface area (Å²) in [5.41, 5.74) is -0.947. The van der Waals surface area contributed by atoms with Crippen molar-refractivity contribution in [3.8, 4) is 23.0 Å². The van der Waals surface area contributed by atoms with E-state index in [1.54, 1.807) is 19.1 Å². The number of allylic oxidation sites excluding steroid dienone is 4. The van der Waals surface area contributed by atoms with Crippen molar-refractivity contribution in [2.75, 3.05) is 5.32 Å². The molecule has 1 aliphatic heterocycles. The van der Waals surface area contributed by atoms with Crippen LogP contribution >= 0.6 is 0 Å². The maximum atomic E-state index is 13.7. The number of fused-ring (bicyclic) bond motifs is 3. The zero-order valence-electron chi connectivity index (χ0n) is 17.9. The Morgan fingerprint density at radius 3 is 2.25 bits per heavy atom. The Kier molecular flexibility index (Phi) is 4.62.